The zero-order valence-electron chi connectivity index (χ0n) is 22.9. The lowest BCUT2D eigenvalue weighted by Crippen LogP contribution is -2.07. The molecule has 1 N–H and O–H groups in total. The monoisotopic (exact) mass is 591 g/mol. The van der Waals surface area contributed by atoms with Crippen LogP contribution in [0.3, 0.4) is 0 Å². The van der Waals surface area contributed by atoms with Crippen LogP contribution in [-0.2, 0) is 0 Å². The normalized spacial score (nSPS) is 11.8. The third-order valence-corrected chi connectivity index (χ3v) is 8.61. The Morgan fingerprint density at radius 2 is 1.60 bits per heavy atom. The molecule has 42 heavy (non-hydrogen) atoms. The highest BCUT2D eigenvalue weighted by Crippen LogP contribution is 2.43. The van der Waals surface area contributed by atoms with Crippen LogP contribution in [0.15, 0.2) is 114 Å². The molecule has 0 bridgehead atoms. The first-order chi connectivity index (χ1) is 20.4. The molecule has 0 aliphatic rings. The van der Waals surface area contributed by atoms with Crippen LogP contribution in [-0.4, -0.2) is 26.2 Å². The first kappa shape index (κ1) is 27.4. The van der Waals surface area contributed by atoms with Gasteiger partial charge < -0.3 is 9.84 Å². The molecule has 3 aromatic heterocycles. The molecular weight excluding hydrogens is 566 g/mol. The minimum Gasteiger partial charge on any atom is -0.484 e. The fourth-order valence-electron chi connectivity index (χ4n) is 4.89. The Balaban J connectivity index is 1.44. The summed E-state index contributed by atoms with van der Waals surface area (Å²) in [5.74, 6) is -0.723. The molecule has 8 heteroatoms. The van der Waals surface area contributed by atoms with Crippen LogP contribution in [0.2, 0.25) is 5.02 Å². The highest BCUT2D eigenvalue weighted by molar-refractivity contribution is 7.17. The average Bonchev–Trinajstić information content (AvgIpc) is 3.57. The van der Waals surface area contributed by atoms with E-state index in [4.69, 9.17) is 21.3 Å². The van der Waals surface area contributed by atoms with Crippen molar-refractivity contribution in [2.75, 3.05) is 0 Å². The highest BCUT2D eigenvalue weighted by Gasteiger charge is 2.26. The van der Waals surface area contributed by atoms with Gasteiger partial charge in [0.1, 0.15) is 17.5 Å². The molecule has 6 rings (SSSR count). The van der Waals surface area contributed by atoms with Crippen molar-refractivity contribution >= 4 is 46.0 Å². The Bertz CT molecular complexity index is 1890. The molecule has 1 unspecified atom stereocenters. The number of benzene rings is 3. The highest BCUT2D eigenvalue weighted by atomic mass is 35.5. The summed E-state index contributed by atoms with van der Waals surface area (Å²) in [6.07, 6.45) is 3.23. The van der Waals surface area contributed by atoms with Gasteiger partial charge in [-0.2, -0.15) is 0 Å². The number of carboxylic acid groups (broad SMARTS) is 1. The van der Waals surface area contributed by atoms with Gasteiger partial charge in [0.05, 0.1) is 28.2 Å². The topological polar surface area (TPSA) is 76.2 Å². The van der Waals surface area contributed by atoms with Crippen molar-refractivity contribution in [1.29, 1.82) is 0 Å². The number of carboxylic acids is 1. The molecule has 208 valence electrons. The second-order valence-electron chi connectivity index (χ2n) is 9.75. The summed E-state index contributed by atoms with van der Waals surface area (Å²) < 4.78 is 8.21. The van der Waals surface area contributed by atoms with Crippen LogP contribution in [0, 0.1) is 6.92 Å². The van der Waals surface area contributed by atoms with Gasteiger partial charge in [-0.1, -0.05) is 90.5 Å². The Morgan fingerprint density at radius 1 is 0.952 bits per heavy atom. The van der Waals surface area contributed by atoms with E-state index in [9.17, 15) is 9.90 Å². The van der Waals surface area contributed by atoms with Gasteiger partial charge in [-0.15, -0.1) is 11.3 Å². The van der Waals surface area contributed by atoms with Crippen molar-refractivity contribution in [1.82, 2.24) is 9.38 Å². The summed E-state index contributed by atoms with van der Waals surface area (Å²) >= 11 is 7.56. The van der Waals surface area contributed by atoms with Crippen molar-refractivity contribution < 1.29 is 14.6 Å². The lowest BCUT2D eigenvalue weighted by atomic mass is 10.0. The van der Waals surface area contributed by atoms with E-state index in [-0.39, 0.29) is 4.88 Å². The molecule has 0 amide bonds. The van der Waals surface area contributed by atoms with E-state index in [2.05, 4.69) is 4.98 Å². The third kappa shape index (κ3) is 5.32. The van der Waals surface area contributed by atoms with Gasteiger partial charge in [0.15, 0.2) is 4.88 Å². The summed E-state index contributed by atoms with van der Waals surface area (Å²) in [6.45, 7) is 3.73. The molecule has 0 aliphatic heterocycles. The number of fused-ring (bicyclic) bond motifs is 1. The molecule has 0 saturated carbocycles. The van der Waals surface area contributed by atoms with Gasteiger partial charge in [0.2, 0.25) is 0 Å². The number of rotatable bonds is 8. The number of ether oxygens (including phenoxy) is 1. The van der Waals surface area contributed by atoms with E-state index in [0.717, 1.165) is 49.9 Å². The van der Waals surface area contributed by atoms with Gasteiger partial charge in [-0.05, 0) is 32.0 Å². The van der Waals surface area contributed by atoms with Gasteiger partial charge >= 0.3 is 5.97 Å². The first-order valence-electron chi connectivity index (χ1n) is 13.4. The maximum atomic E-state index is 12.3. The quantitative estimate of drug-likeness (QED) is 0.179. The summed E-state index contributed by atoms with van der Waals surface area (Å²) in [4.78, 5) is 22.8. The molecule has 3 heterocycles. The molecule has 0 fully saturated rings. The molecule has 0 aliphatic carbocycles. The predicted octanol–water partition coefficient (Wildman–Crippen LogP) is 9.03. The standard InChI is InChI=1S/C34H26ClN3O3S/c1-21-31(41-22(2)26-15-9-10-16-27(26)35)33(34(39)40)42-32(21)28-19-36-29-18-17-25(20-38(28)29)37-30(23-11-5-3-6-12-23)24-13-7-4-8-14-24/h3-20,22H,1-2H3,(H,39,40). The van der Waals surface area contributed by atoms with Crippen molar-refractivity contribution in [3.8, 4) is 16.3 Å². The minimum absolute atomic E-state index is 0.126. The molecule has 3 aromatic carbocycles. The van der Waals surface area contributed by atoms with Crippen LogP contribution < -0.4 is 4.74 Å². The Labute approximate surface area is 252 Å². The summed E-state index contributed by atoms with van der Waals surface area (Å²) in [7, 11) is 0. The number of hydrogen-bond donors (Lipinski definition) is 1. The number of nitrogens with zero attached hydrogens (tertiary/aromatic N) is 3. The van der Waals surface area contributed by atoms with Crippen LogP contribution in [0.25, 0.3) is 16.2 Å². The van der Waals surface area contributed by atoms with E-state index in [0.29, 0.717) is 10.8 Å². The molecule has 0 spiro atoms. The summed E-state index contributed by atoms with van der Waals surface area (Å²) in [5.41, 5.74) is 6.58. The van der Waals surface area contributed by atoms with Crippen LogP contribution in [0.1, 0.15) is 45.0 Å². The zero-order valence-corrected chi connectivity index (χ0v) is 24.4. The van der Waals surface area contributed by atoms with Crippen LogP contribution in [0.5, 0.6) is 5.75 Å². The number of aliphatic imine (C=N–C) groups is 1. The van der Waals surface area contributed by atoms with Crippen molar-refractivity contribution in [2.45, 2.75) is 20.0 Å². The maximum absolute atomic E-state index is 12.3. The second-order valence-corrected chi connectivity index (χ2v) is 11.2. The Kier molecular flexibility index (Phi) is 7.61. The van der Waals surface area contributed by atoms with E-state index in [1.165, 1.54) is 11.3 Å². The minimum atomic E-state index is -1.05. The average molecular weight is 592 g/mol. The van der Waals surface area contributed by atoms with Gasteiger partial charge in [-0.3, -0.25) is 4.40 Å². The van der Waals surface area contributed by atoms with Gasteiger partial charge in [0.25, 0.3) is 0 Å². The largest absolute Gasteiger partial charge is 0.484 e. The van der Waals surface area contributed by atoms with Crippen molar-refractivity contribution in [3.05, 3.63) is 142 Å². The maximum Gasteiger partial charge on any atom is 0.349 e. The molecule has 0 saturated heterocycles. The SMILES string of the molecule is Cc1c(-c2cnc3ccc(N=C(c4ccccc4)c4ccccc4)cn23)sc(C(=O)O)c1OC(C)c1ccccc1Cl. The number of aromatic nitrogens is 2. The van der Waals surface area contributed by atoms with Crippen molar-refractivity contribution in [3.63, 3.8) is 0 Å². The fourth-order valence-corrected chi connectivity index (χ4v) is 6.27. The number of pyridine rings is 1. The van der Waals surface area contributed by atoms with Crippen molar-refractivity contribution in [2.24, 2.45) is 4.99 Å². The predicted molar refractivity (Wildman–Crippen MR) is 169 cm³/mol. The Morgan fingerprint density at radius 3 is 2.24 bits per heavy atom. The summed E-state index contributed by atoms with van der Waals surface area (Å²) in [6, 6.07) is 31.4. The number of aromatic carboxylic acids is 1. The van der Waals surface area contributed by atoms with Gasteiger partial charge in [0, 0.05) is 33.5 Å². The van der Waals surface area contributed by atoms with E-state index in [1.807, 2.05) is 115 Å². The second kappa shape index (κ2) is 11.6. The molecule has 1 atom stereocenters. The number of imidazole rings is 1. The van der Waals surface area contributed by atoms with Gasteiger partial charge in [-0.25, -0.2) is 14.8 Å². The molecule has 0 radical (unpaired) electrons. The molecule has 6 nitrogen and oxygen atoms in total. The lowest BCUT2D eigenvalue weighted by molar-refractivity contribution is 0.0695. The third-order valence-electron chi connectivity index (χ3n) is 6.98. The van der Waals surface area contributed by atoms with E-state index < -0.39 is 12.1 Å². The first-order valence-corrected chi connectivity index (χ1v) is 14.5. The van der Waals surface area contributed by atoms with E-state index in [1.54, 1.807) is 12.3 Å². The lowest BCUT2D eigenvalue weighted by Gasteiger charge is -2.17. The molecule has 6 aromatic rings. The smallest absolute Gasteiger partial charge is 0.349 e. The zero-order chi connectivity index (χ0) is 29.2. The summed E-state index contributed by atoms with van der Waals surface area (Å²) in [5, 5.41) is 10.6. The fraction of sp³-hybridized carbons (Fsp3) is 0.0882. The number of carbonyl (C=O) groups is 1. The van der Waals surface area contributed by atoms with E-state index >= 15 is 0 Å². The number of halogens is 1. The number of thiophene rings is 1. The van der Waals surface area contributed by atoms with Crippen LogP contribution in [0.4, 0.5) is 5.69 Å². The Hall–Kier alpha value is -4.72. The molecular formula is C34H26ClN3O3S. The number of hydrogen-bond acceptors (Lipinski definition) is 5. The van der Waals surface area contributed by atoms with Crippen LogP contribution >= 0.6 is 22.9 Å².